The van der Waals surface area contributed by atoms with Crippen molar-refractivity contribution in [1.29, 1.82) is 0 Å². The standard InChI is InChI=1S/C22H18FN3O4S2/c1-13-10-17(14(2)30-13)20-12-31-22(24-20)25-21(27)15-6-5-7-16(11-15)32(28,29)26-19-9-4-3-8-18(19)23/h3-12,26H,1-2H3,(H,24,25,27). The minimum absolute atomic E-state index is 0.119. The minimum atomic E-state index is -4.09. The van der Waals surface area contributed by atoms with E-state index in [-0.39, 0.29) is 16.1 Å². The van der Waals surface area contributed by atoms with Crippen molar-refractivity contribution in [1.82, 2.24) is 4.98 Å². The maximum absolute atomic E-state index is 13.8. The van der Waals surface area contributed by atoms with Crippen molar-refractivity contribution in [3.8, 4) is 11.3 Å². The maximum atomic E-state index is 13.8. The number of benzene rings is 2. The predicted molar refractivity (Wildman–Crippen MR) is 121 cm³/mol. The number of sulfonamides is 1. The molecule has 2 heterocycles. The van der Waals surface area contributed by atoms with Gasteiger partial charge in [0.1, 0.15) is 17.3 Å². The number of halogens is 1. The second-order valence-electron chi connectivity index (χ2n) is 6.93. The van der Waals surface area contributed by atoms with Crippen LogP contribution in [0.1, 0.15) is 21.9 Å². The van der Waals surface area contributed by atoms with Gasteiger partial charge in [-0.25, -0.2) is 17.8 Å². The Morgan fingerprint density at radius 3 is 2.59 bits per heavy atom. The molecule has 4 aromatic rings. The summed E-state index contributed by atoms with van der Waals surface area (Å²) in [6, 6.07) is 12.8. The zero-order valence-corrected chi connectivity index (χ0v) is 18.7. The molecule has 0 spiro atoms. The molecule has 7 nitrogen and oxygen atoms in total. The van der Waals surface area contributed by atoms with E-state index in [1.54, 1.807) is 5.38 Å². The molecule has 0 bridgehead atoms. The van der Waals surface area contributed by atoms with E-state index < -0.39 is 21.7 Å². The molecule has 0 saturated carbocycles. The third-order valence-corrected chi connectivity index (χ3v) is 6.69. The van der Waals surface area contributed by atoms with Crippen molar-refractivity contribution in [2.75, 3.05) is 10.0 Å². The van der Waals surface area contributed by atoms with E-state index in [2.05, 4.69) is 15.0 Å². The molecule has 2 aromatic carbocycles. The molecule has 0 unspecified atom stereocenters. The van der Waals surface area contributed by atoms with Gasteiger partial charge in [-0.15, -0.1) is 11.3 Å². The highest BCUT2D eigenvalue weighted by Gasteiger charge is 2.19. The number of carbonyl (C=O) groups excluding carboxylic acids is 1. The van der Waals surface area contributed by atoms with Crippen LogP contribution >= 0.6 is 11.3 Å². The Hall–Kier alpha value is -3.50. The number of para-hydroxylation sites is 1. The quantitative estimate of drug-likeness (QED) is 0.402. The summed E-state index contributed by atoms with van der Waals surface area (Å²) in [5, 5.41) is 4.83. The van der Waals surface area contributed by atoms with Crippen molar-refractivity contribution in [3.05, 3.63) is 82.9 Å². The normalized spacial score (nSPS) is 11.3. The van der Waals surface area contributed by atoms with Crippen LogP contribution in [0.15, 0.2) is 69.3 Å². The molecule has 0 aliphatic heterocycles. The molecule has 0 aliphatic rings. The fourth-order valence-electron chi connectivity index (χ4n) is 3.06. The van der Waals surface area contributed by atoms with Crippen LogP contribution in [0.5, 0.6) is 0 Å². The minimum Gasteiger partial charge on any atom is -0.466 e. The number of aryl methyl sites for hydroxylation is 2. The van der Waals surface area contributed by atoms with Gasteiger partial charge in [-0.05, 0) is 50.2 Å². The van der Waals surface area contributed by atoms with E-state index in [9.17, 15) is 17.6 Å². The number of carbonyl (C=O) groups is 1. The Bertz CT molecular complexity index is 1410. The summed E-state index contributed by atoms with van der Waals surface area (Å²) in [6.45, 7) is 3.68. The highest BCUT2D eigenvalue weighted by atomic mass is 32.2. The Kier molecular flexibility index (Phi) is 5.81. The number of aromatic nitrogens is 1. The molecule has 0 radical (unpaired) electrons. The topological polar surface area (TPSA) is 101 Å². The lowest BCUT2D eigenvalue weighted by atomic mass is 10.2. The third-order valence-electron chi connectivity index (χ3n) is 4.57. The van der Waals surface area contributed by atoms with E-state index >= 15 is 0 Å². The average molecular weight is 472 g/mol. The molecule has 10 heteroatoms. The summed E-state index contributed by atoms with van der Waals surface area (Å²) in [5.41, 5.74) is 1.45. The van der Waals surface area contributed by atoms with Gasteiger partial charge in [0.15, 0.2) is 5.13 Å². The van der Waals surface area contributed by atoms with Crippen LogP contribution in [0.2, 0.25) is 0 Å². The van der Waals surface area contributed by atoms with Crippen LogP contribution < -0.4 is 10.0 Å². The highest BCUT2D eigenvalue weighted by molar-refractivity contribution is 7.92. The Labute approximate surface area is 188 Å². The average Bonchev–Trinajstić information content (AvgIpc) is 3.35. The van der Waals surface area contributed by atoms with Crippen molar-refractivity contribution in [2.24, 2.45) is 0 Å². The SMILES string of the molecule is Cc1cc(-c2csc(NC(=O)c3cccc(S(=O)(=O)Nc4ccccc4F)c3)n2)c(C)o1. The van der Waals surface area contributed by atoms with Gasteiger partial charge in [0.05, 0.1) is 16.3 Å². The Morgan fingerprint density at radius 1 is 1.09 bits per heavy atom. The van der Waals surface area contributed by atoms with E-state index in [0.717, 1.165) is 23.2 Å². The zero-order valence-electron chi connectivity index (χ0n) is 17.0. The molecule has 1 amide bonds. The lowest BCUT2D eigenvalue weighted by Gasteiger charge is -2.10. The summed E-state index contributed by atoms with van der Waals surface area (Å²) in [4.78, 5) is 16.9. The van der Waals surface area contributed by atoms with Crippen molar-refractivity contribution in [3.63, 3.8) is 0 Å². The number of thiazole rings is 1. The van der Waals surface area contributed by atoms with Crippen molar-refractivity contribution < 1.29 is 22.0 Å². The summed E-state index contributed by atoms with van der Waals surface area (Å²) in [5.74, 6) is 0.269. The molecule has 164 valence electrons. The second-order valence-corrected chi connectivity index (χ2v) is 9.47. The van der Waals surface area contributed by atoms with Crippen molar-refractivity contribution >= 4 is 38.1 Å². The maximum Gasteiger partial charge on any atom is 0.262 e. The number of nitrogens with zero attached hydrogens (tertiary/aromatic N) is 1. The second kappa shape index (κ2) is 8.56. The molecular weight excluding hydrogens is 453 g/mol. The van der Waals surface area contributed by atoms with Crippen molar-refractivity contribution in [2.45, 2.75) is 18.7 Å². The van der Waals surface area contributed by atoms with Gasteiger partial charge in [-0.3, -0.25) is 14.8 Å². The highest BCUT2D eigenvalue weighted by Crippen LogP contribution is 2.30. The molecule has 4 rings (SSSR count). The summed E-state index contributed by atoms with van der Waals surface area (Å²) >= 11 is 1.24. The number of anilines is 2. The summed E-state index contributed by atoms with van der Waals surface area (Å²) in [6.07, 6.45) is 0. The number of nitrogens with one attached hydrogen (secondary N) is 2. The van der Waals surface area contributed by atoms with Crippen LogP contribution in [0.25, 0.3) is 11.3 Å². The Morgan fingerprint density at radius 2 is 1.88 bits per heavy atom. The van der Waals surface area contributed by atoms with Gasteiger partial charge in [-0.1, -0.05) is 18.2 Å². The van der Waals surface area contributed by atoms with Crippen LogP contribution in [-0.2, 0) is 10.0 Å². The predicted octanol–water partition coefficient (Wildman–Crippen LogP) is 5.21. The molecule has 0 aliphatic carbocycles. The Balaban J connectivity index is 1.53. The molecule has 2 N–H and O–H groups in total. The fraction of sp³-hybridized carbons (Fsp3) is 0.0909. The number of amides is 1. The van der Waals surface area contributed by atoms with Gasteiger partial charge in [-0.2, -0.15) is 0 Å². The number of rotatable bonds is 6. The molecular formula is C22H18FN3O4S2. The summed E-state index contributed by atoms with van der Waals surface area (Å²) < 4.78 is 46.8. The first-order valence-electron chi connectivity index (χ1n) is 9.44. The lowest BCUT2D eigenvalue weighted by molar-refractivity contribution is 0.102. The number of hydrogen-bond donors (Lipinski definition) is 2. The molecule has 0 fully saturated rings. The largest absolute Gasteiger partial charge is 0.466 e. The number of furan rings is 1. The molecule has 0 saturated heterocycles. The van der Waals surface area contributed by atoms with E-state index in [0.29, 0.717) is 10.8 Å². The van der Waals surface area contributed by atoms with Crippen LogP contribution in [0.4, 0.5) is 15.2 Å². The van der Waals surface area contributed by atoms with E-state index in [1.807, 2.05) is 19.9 Å². The monoisotopic (exact) mass is 471 g/mol. The first kappa shape index (κ1) is 21.7. The van der Waals surface area contributed by atoms with Gasteiger partial charge < -0.3 is 4.42 Å². The van der Waals surface area contributed by atoms with Crippen LogP contribution in [0.3, 0.4) is 0 Å². The summed E-state index contributed by atoms with van der Waals surface area (Å²) in [7, 11) is -4.09. The van der Waals surface area contributed by atoms with Gasteiger partial charge in [0.25, 0.3) is 15.9 Å². The smallest absolute Gasteiger partial charge is 0.262 e. The van der Waals surface area contributed by atoms with Gasteiger partial charge in [0.2, 0.25) is 0 Å². The lowest BCUT2D eigenvalue weighted by Crippen LogP contribution is -2.16. The van der Waals surface area contributed by atoms with Gasteiger partial charge in [0, 0.05) is 16.5 Å². The van der Waals surface area contributed by atoms with Crippen LogP contribution in [0, 0.1) is 19.7 Å². The molecule has 32 heavy (non-hydrogen) atoms. The van der Waals surface area contributed by atoms with E-state index in [1.165, 1.54) is 53.8 Å². The molecule has 0 atom stereocenters. The zero-order chi connectivity index (χ0) is 22.9. The first-order valence-corrected chi connectivity index (χ1v) is 11.8. The van der Waals surface area contributed by atoms with Gasteiger partial charge >= 0.3 is 0 Å². The third kappa shape index (κ3) is 4.56. The molecule has 2 aromatic heterocycles. The van der Waals surface area contributed by atoms with Crippen LogP contribution in [-0.4, -0.2) is 19.3 Å². The fourth-order valence-corrected chi connectivity index (χ4v) is 4.88. The number of hydrogen-bond acceptors (Lipinski definition) is 6. The van der Waals surface area contributed by atoms with E-state index in [4.69, 9.17) is 4.42 Å². The first-order chi connectivity index (χ1) is 15.2.